The lowest BCUT2D eigenvalue weighted by molar-refractivity contribution is 0.384. The van der Waals surface area contributed by atoms with Gasteiger partial charge in [-0.3, -0.25) is 0 Å². The van der Waals surface area contributed by atoms with Crippen LogP contribution in [0.5, 0.6) is 0 Å². The minimum Gasteiger partial charge on any atom is -0.359 e. The normalized spacial score (nSPS) is 11.0. The highest BCUT2D eigenvalue weighted by Crippen LogP contribution is 2.26. The highest BCUT2D eigenvalue weighted by atomic mass is 32.1. The Morgan fingerprint density at radius 3 is 2.94 bits per heavy atom. The Morgan fingerprint density at radius 2 is 2.17 bits per heavy atom. The predicted molar refractivity (Wildman–Crippen MR) is 72.9 cm³/mol. The van der Waals surface area contributed by atoms with Crippen LogP contribution in [0.25, 0.3) is 10.2 Å². The van der Waals surface area contributed by atoms with Crippen LogP contribution >= 0.6 is 11.3 Å². The van der Waals surface area contributed by atoms with Gasteiger partial charge in [0.15, 0.2) is 10.9 Å². The lowest BCUT2D eigenvalue weighted by atomic mass is 10.2. The van der Waals surface area contributed by atoms with Crippen LogP contribution in [0, 0.1) is 13.8 Å². The summed E-state index contributed by atoms with van der Waals surface area (Å²) in [6, 6.07) is 8.19. The van der Waals surface area contributed by atoms with Gasteiger partial charge in [0.25, 0.3) is 0 Å². The molecular formula is C13H13N3OS. The van der Waals surface area contributed by atoms with E-state index in [4.69, 9.17) is 4.52 Å². The highest BCUT2D eigenvalue weighted by Gasteiger charge is 2.05. The first-order chi connectivity index (χ1) is 8.70. The molecule has 3 aromatic rings. The first kappa shape index (κ1) is 11.2. The molecule has 2 heterocycles. The molecule has 92 valence electrons. The Morgan fingerprint density at radius 1 is 1.28 bits per heavy atom. The average molecular weight is 259 g/mol. The summed E-state index contributed by atoms with van der Waals surface area (Å²) in [6.45, 7) is 4.61. The third kappa shape index (κ3) is 2.22. The predicted octanol–water partition coefficient (Wildman–Crippen LogP) is 3.51. The van der Waals surface area contributed by atoms with E-state index in [0.29, 0.717) is 6.54 Å². The average Bonchev–Trinajstić information content (AvgIpc) is 2.92. The number of thiazole rings is 1. The van der Waals surface area contributed by atoms with Crippen LogP contribution in [0.2, 0.25) is 0 Å². The molecule has 0 fully saturated rings. The molecule has 0 aliphatic heterocycles. The number of anilines is 1. The van der Waals surface area contributed by atoms with E-state index in [1.807, 2.05) is 19.1 Å². The Labute approximate surface area is 109 Å². The van der Waals surface area contributed by atoms with E-state index in [9.17, 15) is 0 Å². The zero-order valence-electron chi connectivity index (χ0n) is 10.2. The molecule has 0 saturated heterocycles. The minimum atomic E-state index is 0.611. The van der Waals surface area contributed by atoms with Gasteiger partial charge in [0, 0.05) is 6.07 Å². The van der Waals surface area contributed by atoms with Crippen molar-refractivity contribution in [3.8, 4) is 0 Å². The summed E-state index contributed by atoms with van der Waals surface area (Å²) in [6.07, 6.45) is 0. The van der Waals surface area contributed by atoms with Crippen LogP contribution in [-0.2, 0) is 6.54 Å². The lowest BCUT2D eigenvalue weighted by Crippen LogP contribution is -1.96. The number of aromatic nitrogens is 2. The van der Waals surface area contributed by atoms with Crippen molar-refractivity contribution in [3.63, 3.8) is 0 Å². The Hall–Kier alpha value is -1.88. The molecule has 1 aromatic carbocycles. The molecule has 2 aromatic heterocycles. The summed E-state index contributed by atoms with van der Waals surface area (Å²) in [7, 11) is 0. The fraction of sp³-hybridized carbons (Fsp3) is 0.231. The Bertz CT molecular complexity index is 686. The molecule has 0 unspecified atom stereocenters. The summed E-state index contributed by atoms with van der Waals surface area (Å²) < 4.78 is 6.34. The van der Waals surface area contributed by atoms with Crippen LogP contribution < -0.4 is 5.32 Å². The number of aryl methyl sites for hydroxylation is 2. The highest BCUT2D eigenvalue weighted by molar-refractivity contribution is 7.22. The van der Waals surface area contributed by atoms with Gasteiger partial charge in [0.2, 0.25) is 0 Å². The van der Waals surface area contributed by atoms with Crippen molar-refractivity contribution in [2.45, 2.75) is 20.4 Å². The molecule has 0 radical (unpaired) electrons. The Balaban J connectivity index is 1.78. The zero-order valence-corrected chi connectivity index (χ0v) is 11.0. The summed E-state index contributed by atoms with van der Waals surface area (Å²) in [4.78, 5) is 4.52. The van der Waals surface area contributed by atoms with Crippen molar-refractivity contribution >= 4 is 26.7 Å². The molecule has 0 saturated carbocycles. The fourth-order valence-corrected chi connectivity index (χ4v) is 2.73. The molecule has 0 aliphatic carbocycles. The minimum absolute atomic E-state index is 0.611. The van der Waals surface area contributed by atoms with E-state index >= 15 is 0 Å². The van der Waals surface area contributed by atoms with Gasteiger partial charge in [-0.15, -0.1) is 0 Å². The second-order valence-electron chi connectivity index (χ2n) is 4.28. The molecule has 5 heteroatoms. The number of rotatable bonds is 3. The van der Waals surface area contributed by atoms with Gasteiger partial charge in [-0.05, 0) is 31.5 Å². The smallest absolute Gasteiger partial charge is 0.184 e. The van der Waals surface area contributed by atoms with Crippen molar-refractivity contribution in [3.05, 3.63) is 41.3 Å². The fourth-order valence-electron chi connectivity index (χ4n) is 1.77. The lowest BCUT2D eigenvalue weighted by Gasteiger charge is -1.96. The molecule has 0 bridgehead atoms. The van der Waals surface area contributed by atoms with Crippen LogP contribution in [-0.4, -0.2) is 10.1 Å². The van der Waals surface area contributed by atoms with Gasteiger partial charge < -0.3 is 9.84 Å². The maximum Gasteiger partial charge on any atom is 0.184 e. The maximum atomic E-state index is 5.14. The molecule has 0 spiro atoms. The van der Waals surface area contributed by atoms with E-state index < -0.39 is 0 Å². The summed E-state index contributed by atoms with van der Waals surface area (Å²) in [5.74, 6) is 0.822. The first-order valence-electron chi connectivity index (χ1n) is 5.74. The Kier molecular flexibility index (Phi) is 2.76. The number of nitrogens with one attached hydrogen (secondary N) is 1. The van der Waals surface area contributed by atoms with Crippen molar-refractivity contribution in [2.75, 3.05) is 5.32 Å². The monoisotopic (exact) mass is 259 g/mol. The van der Waals surface area contributed by atoms with E-state index in [0.717, 1.165) is 22.1 Å². The molecule has 18 heavy (non-hydrogen) atoms. The van der Waals surface area contributed by atoms with Crippen LogP contribution in [0.1, 0.15) is 17.0 Å². The van der Waals surface area contributed by atoms with Gasteiger partial charge in [0.1, 0.15) is 0 Å². The topological polar surface area (TPSA) is 51.0 Å². The van der Waals surface area contributed by atoms with E-state index in [2.05, 4.69) is 34.5 Å². The maximum absolute atomic E-state index is 5.14. The second kappa shape index (κ2) is 4.42. The second-order valence-corrected chi connectivity index (χ2v) is 5.31. The molecule has 0 atom stereocenters. The number of hydrogen-bond acceptors (Lipinski definition) is 5. The van der Waals surface area contributed by atoms with Crippen molar-refractivity contribution < 1.29 is 4.52 Å². The number of benzene rings is 1. The van der Waals surface area contributed by atoms with Crippen molar-refractivity contribution in [1.82, 2.24) is 10.1 Å². The quantitative estimate of drug-likeness (QED) is 0.782. The van der Waals surface area contributed by atoms with E-state index in [1.54, 1.807) is 11.3 Å². The van der Waals surface area contributed by atoms with Crippen LogP contribution in [0.3, 0.4) is 0 Å². The summed E-state index contributed by atoms with van der Waals surface area (Å²) in [5.41, 5.74) is 3.18. The van der Waals surface area contributed by atoms with Crippen molar-refractivity contribution in [2.24, 2.45) is 0 Å². The van der Waals surface area contributed by atoms with Gasteiger partial charge in [-0.25, -0.2) is 4.98 Å². The molecule has 0 amide bonds. The summed E-state index contributed by atoms with van der Waals surface area (Å²) >= 11 is 1.65. The van der Waals surface area contributed by atoms with E-state index in [1.165, 1.54) is 10.3 Å². The van der Waals surface area contributed by atoms with Gasteiger partial charge in [0.05, 0.1) is 22.5 Å². The summed E-state index contributed by atoms with van der Waals surface area (Å²) in [5, 5.41) is 8.02. The van der Waals surface area contributed by atoms with Crippen molar-refractivity contribution in [1.29, 1.82) is 0 Å². The third-order valence-electron chi connectivity index (χ3n) is 2.63. The number of fused-ring (bicyclic) bond motifs is 1. The largest absolute Gasteiger partial charge is 0.359 e. The first-order valence-corrected chi connectivity index (χ1v) is 6.55. The molecule has 3 rings (SSSR count). The van der Waals surface area contributed by atoms with Gasteiger partial charge in [-0.1, -0.05) is 22.6 Å². The molecule has 4 nitrogen and oxygen atoms in total. The van der Waals surface area contributed by atoms with Crippen LogP contribution in [0.15, 0.2) is 28.8 Å². The third-order valence-corrected chi connectivity index (χ3v) is 3.61. The van der Waals surface area contributed by atoms with Crippen LogP contribution in [0.4, 0.5) is 5.13 Å². The van der Waals surface area contributed by atoms with Gasteiger partial charge >= 0.3 is 0 Å². The number of hydrogen-bond donors (Lipinski definition) is 1. The molecular weight excluding hydrogens is 246 g/mol. The standard InChI is InChI=1S/C13H13N3OS/c1-8-3-4-11-12(5-8)18-13(15-11)14-7-10-6-9(2)16-17-10/h3-6H,7H2,1-2H3,(H,14,15). The molecule has 0 aliphatic rings. The number of nitrogens with zero attached hydrogens (tertiary/aromatic N) is 2. The molecule has 1 N–H and O–H groups in total. The zero-order chi connectivity index (χ0) is 12.5. The van der Waals surface area contributed by atoms with E-state index in [-0.39, 0.29) is 0 Å². The SMILES string of the molecule is Cc1ccc2nc(NCc3cc(C)no3)sc2c1. The van der Waals surface area contributed by atoms with Gasteiger partial charge in [-0.2, -0.15) is 0 Å².